The van der Waals surface area contributed by atoms with Crippen LogP contribution in [0.1, 0.15) is 39.9 Å². The van der Waals surface area contributed by atoms with Crippen LogP contribution < -0.4 is 14.8 Å². The van der Waals surface area contributed by atoms with Gasteiger partial charge in [-0.15, -0.1) is 0 Å². The number of carboxylic acids is 1. The van der Waals surface area contributed by atoms with Gasteiger partial charge in [-0.1, -0.05) is 54.6 Å². The Balaban J connectivity index is 0.725. The van der Waals surface area contributed by atoms with Gasteiger partial charge in [0.1, 0.15) is 23.2 Å². The number of aliphatic carboxylic acids is 1. The van der Waals surface area contributed by atoms with Gasteiger partial charge in [0, 0.05) is 35.3 Å². The smallest absolute Gasteiger partial charge is 0.306 e. The van der Waals surface area contributed by atoms with E-state index in [1.54, 1.807) is 44.8 Å². The zero-order chi connectivity index (χ0) is 52.2. The number of fused-ring (bicyclic) bond motifs is 7. The highest BCUT2D eigenvalue weighted by Gasteiger charge is 2.39. The molecule has 0 saturated carbocycles. The molecule has 8 aromatic rings. The van der Waals surface area contributed by atoms with Crippen LogP contribution in [0.2, 0.25) is 0 Å². The Morgan fingerprint density at radius 1 is 0.547 bits per heavy atom. The van der Waals surface area contributed by atoms with Crippen molar-refractivity contribution in [3.8, 4) is 11.5 Å². The first-order chi connectivity index (χ1) is 36.8. The Hall–Kier alpha value is -7.71. The number of hydrogen-bond donors (Lipinski definition) is 2. The minimum atomic E-state index is -1.19. The number of rotatable bonds is 30. The van der Waals surface area contributed by atoms with E-state index in [1.807, 2.05) is 103 Å². The summed E-state index contributed by atoms with van der Waals surface area (Å²) in [6.07, 6.45) is 1.88. The first-order valence-electron chi connectivity index (χ1n) is 24.6. The molecule has 18 nitrogen and oxygen atoms in total. The number of amides is 1. The Labute approximate surface area is 433 Å². The van der Waals surface area contributed by atoms with Gasteiger partial charge >= 0.3 is 11.9 Å². The van der Waals surface area contributed by atoms with Crippen LogP contribution in [0.15, 0.2) is 134 Å². The third-order valence-corrected chi connectivity index (χ3v) is 12.1. The maximum Gasteiger partial charge on any atom is 0.306 e. The molecule has 18 heteroatoms. The van der Waals surface area contributed by atoms with Crippen LogP contribution in [0.4, 0.5) is 0 Å². The SMILES string of the molecule is COc1ccc(C(OCC(COCCOCCOCCOCCOCCNC(=O)c2ccc3nc4c5cccnc5c5ncccc5c4nc3c2)OC(=O)CCC(=O)O)(c2ccccc2)c2ccc(OC)cc2)cc1. The molecule has 3 aromatic heterocycles. The molecule has 0 aliphatic heterocycles. The second-order valence-electron chi connectivity index (χ2n) is 17.0. The van der Waals surface area contributed by atoms with Crippen molar-refractivity contribution in [2.45, 2.75) is 24.5 Å². The van der Waals surface area contributed by atoms with Crippen LogP contribution in [-0.2, 0) is 48.3 Å². The number of nitrogens with one attached hydrogen (secondary N) is 1. The molecule has 3 heterocycles. The maximum absolute atomic E-state index is 13.0. The number of carbonyl (C=O) groups is 3. The van der Waals surface area contributed by atoms with Crippen LogP contribution >= 0.6 is 0 Å². The highest BCUT2D eigenvalue weighted by Crippen LogP contribution is 2.42. The molecule has 0 aliphatic carbocycles. The van der Waals surface area contributed by atoms with Crippen molar-refractivity contribution in [2.24, 2.45) is 0 Å². The van der Waals surface area contributed by atoms with E-state index < -0.39 is 23.6 Å². The number of nitrogens with zero attached hydrogens (tertiary/aromatic N) is 4. The maximum atomic E-state index is 13.0. The minimum absolute atomic E-state index is 0.0443. The van der Waals surface area contributed by atoms with Gasteiger partial charge in [0.25, 0.3) is 5.91 Å². The molecule has 0 aliphatic rings. The summed E-state index contributed by atoms with van der Waals surface area (Å²) >= 11 is 0. The third-order valence-electron chi connectivity index (χ3n) is 12.1. The number of pyridine rings is 2. The van der Waals surface area contributed by atoms with Crippen LogP contribution in [-0.4, -0.2) is 142 Å². The topological polar surface area (TPSA) is 218 Å². The van der Waals surface area contributed by atoms with Crippen LogP contribution in [0.5, 0.6) is 11.5 Å². The molecule has 5 aromatic carbocycles. The lowest BCUT2D eigenvalue weighted by atomic mass is 9.80. The first kappa shape index (κ1) is 53.6. The number of carboxylic acid groups (broad SMARTS) is 1. The fourth-order valence-electron chi connectivity index (χ4n) is 8.44. The molecule has 0 saturated heterocycles. The molecule has 0 bridgehead atoms. The third kappa shape index (κ3) is 13.9. The number of benzene rings is 5. The van der Waals surface area contributed by atoms with Crippen molar-refractivity contribution >= 4 is 61.7 Å². The standard InChI is InChI=1S/C57H59N5O13/c1-67-43-17-13-41(14-18-43)57(40-8-4-3-5-9-40,42-15-19-44(68-2)20-16-42)74-38-45(75-51(65)23-22-50(63)64)37-73-35-34-72-33-32-71-31-30-70-29-28-69-27-26-60-56(66)39-12-21-48-49(36-39)62-55-47-11-7-25-59-53(47)52-46(54(55)61-48)10-6-24-58-52/h3-21,24-25,36,45H,22-23,26-35,37-38H2,1-2H3,(H,60,66)(H,63,64). The predicted molar refractivity (Wildman–Crippen MR) is 279 cm³/mol. The number of esters is 1. The van der Waals surface area contributed by atoms with Gasteiger partial charge in [0.15, 0.2) is 0 Å². The zero-order valence-corrected chi connectivity index (χ0v) is 41.8. The van der Waals surface area contributed by atoms with E-state index in [0.717, 1.165) is 44.0 Å². The van der Waals surface area contributed by atoms with Crippen LogP contribution in [0, 0.1) is 0 Å². The van der Waals surface area contributed by atoms with Gasteiger partial charge in [-0.3, -0.25) is 24.4 Å². The Kier molecular flexibility index (Phi) is 19.3. The van der Waals surface area contributed by atoms with Gasteiger partial charge in [0.05, 0.1) is 133 Å². The second kappa shape index (κ2) is 27.0. The monoisotopic (exact) mass is 1020 g/mol. The largest absolute Gasteiger partial charge is 0.497 e. The Morgan fingerprint density at radius 3 is 1.61 bits per heavy atom. The van der Waals surface area contributed by atoms with Crippen molar-refractivity contribution < 1.29 is 62.1 Å². The molecule has 390 valence electrons. The normalized spacial score (nSPS) is 12.0. The quantitative estimate of drug-likeness (QED) is 0.0147. The van der Waals surface area contributed by atoms with Gasteiger partial charge in [-0.05, 0) is 83.4 Å². The van der Waals surface area contributed by atoms with Gasteiger partial charge in [0.2, 0.25) is 0 Å². The van der Waals surface area contributed by atoms with E-state index in [-0.39, 0.29) is 45.2 Å². The molecule has 0 radical (unpaired) electrons. The average Bonchev–Trinajstić information content (AvgIpc) is 3.46. The van der Waals surface area contributed by atoms with Gasteiger partial charge in [-0.25, -0.2) is 9.97 Å². The van der Waals surface area contributed by atoms with Crippen LogP contribution in [0.25, 0.3) is 43.9 Å². The average molecular weight is 1020 g/mol. The summed E-state index contributed by atoms with van der Waals surface area (Å²) in [6.45, 7) is 2.95. The summed E-state index contributed by atoms with van der Waals surface area (Å²) < 4.78 is 52.1. The van der Waals surface area contributed by atoms with E-state index >= 15 is 0 Å². The van der Waals surface area contributed by atoms with Crippen molar-refractivity contribution in [3.05, 3.63) is 156 Å². The molecule has 8 rings (SSSR count). The van der Waals surface area contributed by atoms with Crippen molar-refractivity contribution in [1.82, 2.24) is 25.3 Å². The summed E-state index contributed by atoms with van der Waals surface area (Å²) in [6, 6.07) is 37.7. The summed E-state index contributed by atoms with van der Waals surface area (Å²) in [5.41, 5.74) is 5.87. The molecule has 1 amide bonds. The molecule has 75 heavy (non-hydrogen) atoms. The highest BCUT2D eigenvalue weighted by molar-refractivity contribution is 6.21. The summed E-state index contributed by atoms with van der Waals surface area (Å²) in [5, 5.41) is 13.8. The number of methoxy groups -OCH3 is 2. The van der Waals surface area contributed by atoms with Crippen molar-refractivity contribution in [3.63, 3.8) is 0 Å². The lowest BCUT2D eigenvalue weighted by Gasteiger charge is -2.37. The lowest BCUT2D eigenvalue weighted by Crippen LogP contribution is -2.38. The Bertz CT molecular complexity index is 3100. The number of hydrogen-bond acceptors (Lipinski definition) is 16. The fourth-order valence-corrected chi connectivity index (χ4v) is 8.44. The fraction of sp³-hybridized carbons (Fsp3) is 0.316. The van der Waals surface area contributed by atoms with E-state index in [0.29, 0.717) is 86.4 Å². The predicted octanol–water partition coefficient (Wildman–Crippen LogP) is 7.49. The lowest BCUT2D eigenvalue weighted by molar-refractivity contribution is -0.161. The van der Waals surface area contributed by atoms with E-state index in [4.69, 9.17) is 52.6 Å². The van der Waals surface area contributed by atoms with E-state index in [1.165, 1.54) is 0 Å². The highest BCUT2D eigenvalue weighted by atomic mass is 16.6. The number of aromatic nitrogens is 4. The molecule has 1 atom stereocenters. The second-order valence-corrected chi connectivity index (χ2v) is 17.0. The Morgan fingerprint density at radius 2 is 1.07 bits per heavy atom. The molecule has 1 unspecified atom stereocenters. The van der Waals surface area contributed by atoms with Crippen LogP contribution in [0.3, 0.4) is 0 Å². The van der Waals surface area contributed by atoms with E-state index in [9.17, 15) is 19.5 Å². The number of carbonyl (C=O) groups excluding carboxylic acids is 2. The first-order valence-corrected chi connectivity index (χ1v) is 24.6. The summed E-state index contributed by atoms with van der Waals surface area (Å²) in [5.74, 6) is -0.719. The molecule has 2 N–H and O–H groups in total. The number of ether oxygens (including phenoxy) is 9. The van der Waals surface area contributed by atoms with Gasteiger partial charge < -0.3 is 53.1 Å². The zero-order valence-electron chi connectivity index (χ0n) is 41.8. The molecule has 0 fully saturated rings. The molecular weight excluding hydrogens is 963 g/mol. The minimum Gasteiger partial charge on any atom is -0.497 e. The van der Waals surface area contributed by atoms with Gasteiger partial charge in [-0.2, -0.15) is 0 Å². The van der Waals surface area contributed by atoms with E-state index in [2.05, 4.69) is 15.3 Å². The summed E-state index contributed by atoms with van der Waals surface area (Å²) in [7, 11) is 3.19. The van der Waals surface area contributed by atoms with Crippen molar-refractivity contribution in [1.29, 1.82) is 0 Å². The molecular formula is C57H59N5O13. The van der Waals surface area contributed by atoms with Crippen molar-refractivity contribution in [2.75, 3.05) is 93.4 Å². The summed E-state index contributed by atoms with van der Waals surface area (Å²) in [4.78, 5) is 56.1. The molecule has 0 spiro atoms.